The van der Waals surface area contributed by atoms with Crippen LogP contribution in [0.4, 0.5) is 0 Å². The molecule has 1 aliphatic rings. The van der Waals surface area contributed by atoms with E-state index in [1.54, 1.807) is 30.6 Å². The number of thiocarbonyl (C=S) groups is 1. The number of thiophene rings is 1. The maximum atomic E-state index is 10.7. The van der Waals surface area contributed by atoms with Crippen molar-refractivity contribution in [1.82, 2.24) is 10.6 Å². The molecule has 2 heterocycles. The zero-order chi connectivity index (χ0) is 19.7. The molecule has 4 rings (SSSR count). The minimum absolute atomic E-state index is 0.0101. The number of ether oxygens (including phenoxy) is 1. The lowest BCUT2D eigenvalue weighted by atomic mass is 9.76. The number of rotatable bonds is 4. The molecule has 1 aliphatic heterocycles. The fourth-order valence-corrected chi connectivity index (χ4v) is 4.83. The third kappa shape index (κ3) is 3.27. The van der Waals surface area contributed by atoms with Gasteiger partial charge in [0.05, 0.1) is 18.7 Å². The summed E-state index contributed by atoms with van der Waals surface area (Å²) >= 11 is 7.21. The largest absolute Gasteiger partial charge is 0.508 e. The van der Waals surface area contributed by atoms with Crippen LogP contribution in [0, 0.1) is 0 Å². The molecule has 1 saturated heterocycles. The van der Waals surface area contributed by atoms with Crippen LogP contribution in [0.15, 0.2) is 60.0 Å². The molecule has 5 nitrogen and oxygen atoms in total. The van der Waals surface area contributed by atoms with Crippen LogP contribution in [0.25, 0.3) is 0 Å². The van der Waals surface area contributed by atoms with Gasteiger partial charge in [0.15, 0.2) is 5.11 Å². The SMILES string of the molecule is COc1ccc([C@]2(c3ccc(O)cc3O)C[C@H](c3cccs3)NC(=S)N2)cc1. The number of aromatic hydroxyl groups is 2. The van der Waals surface area contributed by atoms with E-state index in [1.807, 2.05) is 35.7 Å². The highest BCUT2D eigenvalue weighted by Crippen LogP contribution is 2.45. The standard InChI is InChI=1S/C21H20N2O3S2/c1-26-15-7-4-13(5-8-15)21(16-9-6-14(24)11-18(16)25)12-17(22-20(27)23-21)19-3-2-10-28-19/h2-11,17,24-25H,12H2,1H3,(H2,22,23,27)/t17-,21+/m1/s1. The summed E-state index contributed by atoms with van der Waals surface area (Å²) in [7, 11) is 1.63. The van der Waals surface area contributed by atoms with Gasteiger partial charge in [-0.1, -0.05) is 18.2 Å². The first kappa shape index (κ1) is 18.6. The number of phenols is 2. The molecule has 2 atom stereocenters. The van der Waals surface area contributed by atoms with E-state index in [9.17, 15) is 10.2 Å². The molecule has 0 amide bonds. The Kier molecular flexibility index (Phi) is 4.87. The van der Waals surface area contributed by atoms with Gasteiger partial charge in [0.1, 0.15) is 17.2 Å². The highest BCUT2D eigenvalue weighted by atomic mass is 32.1. The number of hydrogen-bond acceptors (Lipinski definition) is 5. The quantitative estimate of drug-likeness (QED) is 0.485. The maximum Gasteiger partial charge on any atom is 0.167 e. The van der Waals surface area contributed by atoms with Crippen molar-refractivity contribution >= 4 is 28.7 Å². The lowest BCUT2D eigenvalue weighted by Crippen LogP contribution is -2.57. The molecular formula is C21H20N2O3S2. The van der Waals surface area contributed by atoms with Crippen LogP contribution < -0.4 is 15.4 Å². The van der Waals surface area contributed by atoms with Crippen LogP contribution in [0.1, 0.15) is 28.5 Å². The van der Waals surface area contributed by atoms with Crippen LogP contribution in [-0.2, 0) is 5.54 Å². The summed E-state index contributed by atoms with van der Waals surface area (Å²) in [6.45, 7) is 0. The third-order valence-corrected chi connectivity index (χ3v) is 6.26. The van der Waals surface area contributed by atoms with Crippen molar-refractivity contribution in [2.24, 2.45) is 0 Å². The molecule has 0 saturated carbocycles. The fourth-order valence-electron chi connectivity index (χ4n) is 3.74. The highest BCUT2D eigenvalue weighted by Gasteiger charge is 2.43. The molecule has 0 spiro atoms. The van der Waals surface area contributed by atoms with Gasteiger partial charge in [-0.05, 0) is 53.5 Å². The Hall–Kier alpha value is -2.77. The molecule has 28 heavy (non-hydrogen) atoms. The van der Waals surface area contributed by atoms with Crippen molar-refractivity contribution in [3.05, 3.63) is 76.0 Å². The average Bonchev–Trinajstić information content (AvgIpc) is 3.22. The van der Waals surface area contributed by atoms with E-state index in [0.29, 0.717) is 17.1 Å². The average molecular weight is 413 g/mol. The molecule has 0 radical (unpaired) electrons. The minimum atomic E-state index is -0.763. The lowest BCUT2D eigenvalue weighted by Gasteiger charge is -2.44. The molecule has 4 N–H and O–H groups in total. The molecule has 1 aromatic heterocycles. The zero-order valence-electron chi connectivity index (χ0n) is 15.2. The van der Waals surface area contributed by atoms with E-state index < -0.39 is 5.54 Å². The Morgan fingerprint density at radius 1 is 1.14 bits per heavy atom. The van der Waals surface area contributed by atoms with Crippen molar-refractivity contribution in [2.75, 3.05) is 7.11 Å². The molecule has 2 aromatic carbocycles. The monoisotopic (exact) mass is 412 g/mol. The summed E-state index contributed by atoms with van der Waals surface area (Å²) in [6.07, 6.45) is 0.623. The van der Waals surface area contributed by atoms with Gasteiger partial charge in [0.25, 0.3) is 0 Å². The third-order valence-electron chi connectivity index (χ3n) is 5.05. The molecule has 144 valence electrons. The summed E-state index contributed by atoms with van der Waals surface area (Å²) in [5.41, 5.74) is 0.835. The molecule has 0 bridgehead atoms. The van der Waals surface area contributed by atoms with E-state index in [0.717, 1.165) is 11.3 Å². The molecular weight excluding hydrogens is 392 g/mol. The van der Waals surface area contributed by atoms with E-state index >= 15 is 0 Å². The molecule has 3 aromatic rings. The van der Waals surface area contributed by atoms with Crippen molar-refractivity contribution in [3.8, 4) is 17.2 Å². The second kappa shape index (κ2) is 7.33. The van der Waals surface area contributed by atoms with Gasteiger partial charge in [-0.2, -0.15) is 0 Å². The van der Waals surface area contributed by atoms with Gasteiger partial charge >= 0.3 is 0 Å². The number of benzene rings is 2. The first-order valence-electron chi connectivity index (χ1n) is 8.81. The molecule has 0 unspecified atom stereocenters. The second-order valence-corrected chi connectivity index (χ2v) is 8.09. The van der Waals surface area contributed by atoms with Crippen LogP contribution in [0.3, 0.4) is 0 Å². The number of hydrogen-bond donors (Lipinski definition) is 4. The highest BCUT2D eigenvalue weighted by molar-refractivity contribution is 7.80. The predicted molar refractivity (Wildman–Crippen MR) is 114 cm³/mol. The number of phenolic OH excluding ortho intramolecular Hbond substituents is 2. The summed E-state index contributed by atoms with van der Waals surface area (Å²) in [5.74, 6) is 0.774. The van der Waals surface area contributed by atoms with Gasteiger partial charge in [-0.15, -0.1) is 11.3 Å². The summed E-state index contributed by atoms with van der Waals surface area (Å²) < 4.78 is 5.30. The van der Waals surface area contributed by atoms with Crippen LogP contribution in [0.5, 0.6) is 17.2 Å². The second-order valence-electron chi connectivity index (χ2n) is 6.71. The molecule has 7 heteroatoms. The van der Waals surface area contributed by atoms with Crippen molar-refractivity contribution in [3.63, 3.8) is 0 Å². The molecule has 1 fully saturated rings. The minimum Gasteiger partial charge on any atom is -0.508 e. The van der Waals surface area contributed by atoms with Crippen molar-refractivity contribution in [1.29, 1.82) is 0 Å². The summed E-state index contributed by atoms with van der Waals surface area (Å²) in [5, 5.41) is 29.7. The van der Waals surface area contributed by atoms with E-state index in [1.165, 1.54) is 10.9 Å². The summed E-state index contributed by atoms with van der Waals surface area (Å²) in [6, 6.07) is 16.5. The normalized spacial score (nSPS) is 21.6. The molecule has 0 aliphatic carbocycles. The Bertz CT molecular complexity index is 989. The van der Waals surface area contributed by atoms with Crippen molar-refractivity contribution < 1.29 is 14.9 Å². The smallest absolute Gasteiger partial charge is 0.167 e. The Balaban J connectivity index is 1.88. The van der Waals surface area contributed by atoms with Gasteiger partial charge < -0.3 is 25.6 Å². The fraction of sp³-hybridized carbons (Fsp3) is 0.190. The Labute approximate surface area is 172 Å². The van der Waals surface area contributed by atoms with Gasteiger partial charge in [-0.25, -0.2) is 0 Å². The van der Waals surface area contributed by atoms with Gasteiger partial charge in [-0.3, -0.25) is 0 Å². The van der Waals surface area contributed by atoms with E-state index in [2.05, 4.69) is 16.7 Å². The Morgan fingerprint density at radius 3 is 2.57 bits per heavy atom. The number of nitrogens with one attached hydrogen (secondary N) is 2. The van der Waals surface area contributed by atoms with Crippen LogP contribution >= 0.6 is 23.6 Å². The zero-order valence-corrected chi connectivity index (χ0v) is 16.8. The van der Waals surface area contributed by atoms with Gasteiger partial charge in [0, 0.05) is 22.9 Å². The van der Waals surface area contributed by atoms with Crippen LogP contribution in [-0.4, -0.2) is 22.4 Å². The topological polar surface area (TPSA) is 73.8 Å². The lowest BCUT2D eigenvalue weighted by molar-refractivity contribution is 0.332. The van der Waals surface area contributed by atoms with Crippen molar-refractivity contribution in [2.45, 2.75) is 18.0 Å². The van der Waals surface area contributed by atoms with Crippen LogP contribution in [0.2, 0.25) is 0 Å². The first-order chi connectivity index (χ1) is 13.5. The van der Waals surface area contributed by atoms with E-state index in [4.69, 9.17) is 17.0 Å². The Morgan fingerprint density at radius 2 is 1.93 bits per heavy atom. The summed E-state index contributed by atoms with van der Waals surface area (Å²) in [4.78, 5) is 1.17. The van der Waals surface area contributed by atoms with Gasteiger partial charge in [0.2, 0.25) is 0 Å². The van der Waals surface area contributed by atoms with E-state index in [-0.39, 0.29) is 17.5 Å². The maximum absolute atomic E-state index is 10.7. The predicted octanol–water partition coefficient (Wildman–Crippen LogP) is 4.02. The number of methoxy groups -OCH3 is 1. The first-order valence-corrected chi connectivity index (χ1v) is 10.1.